The Kier molecular flexibility index (Phi) is 12.9. The number of hydrogen-bond acceptors (Lipinski definition) is 5. The summed E-state index contributed by atoms with van der Waals surface area (Å²) in [6.45, 7) is 2.49. The average Bonchev–Trinajstić information content (AvgIpc) is 2.77. The van der Waals surface area contributed by atoms with Gasteiger partial charge in [-0.25, -0.2) is 4.99 Å². The third kappa shape index (κ3) is 9.20. The lowest BCUT2D eigenvalue weighted by molar-refractivity contribution is -0.0520. The Hall–Kier alpha value is -2.70. The van der Waals surface area contributed by atoms with Crippen LogP contribution in [0.3, 0.4) is 0 Å². The van der Waals surface area contributed by atoms with Crippen molar-refractivity contribution in [3.8, 4) is 11.5 Å². The second kappa shape index (κ2) is 15.2. The van der Waals surface area contributed by atoms with E-state index in [1.165, 1.54) is 6.20 Å². The van der Waals surface area contributed by atoms with E-state index in [0.29, 0.717) is 43.3 Å². The van der Waals surface area contributed by atoms with Crippen LogP contribution in [0.2, 0.25) is 0 Å². The number of nitrogens with zero attached hydrogens (tertiary/aromatic N) is 2. The van der Waals surface area contributed by atoms with Crippen molar-refractivity contribution >= 4 is 35.8 Å². The minimum atomic E-state index is -2.97. The summed E-state index contributed by atoms with van der Waals surface area (Å²) >= 11 is 0. The highest BCUT2D eigenvalue weighted by atomic mass is 127. The highest BCUT2D eigenvalue weighted by Gasteiger charge is 2.15. The van der Waals surface area contributed by atoms with Gasteiger partial charge in [-0.05, 0) is 32.0 Å². The number of amides is 1. The number of rotatable bonds is 11. The van der Waals surface area contributed by atoms with Gasteiger partial charge in [-0.2, -0.15) is 8.78 Å². The predicted molar refractivity (Wildman–Crippen MR) is 129 cm³/mol. The van der Waals surface area contributed by atoms with E-state index in [0.717, 1.165) is 0 Å². The smallest absolute Gasteiger partial charge is 0.387 e. The summed E-state index contributed by atoms with van der Waals surface area (Å²) in [6, 6.07) is 8.29. The monoisotopic (exact) mass is 563 g/mol. The molecule has 1 amide bonds. The standard InChI is InChI=1S/C21H27F2N5O3.HI/c1-3-25-21(27-12-11-26-19(29)16-8-6-10-24-13-16)28-14-15-7-5-9-17(30-4-2)18(15)31-20(22)23;/h5-10,13,20H,3-4,11-12,14H2,1-2H3,(H,26,29)(H2,25,27,28);1H. The van der Waals surface area contributed by atoms with Crippen LogP contribution in [0.25, 0.3) is 0 Å². The zero-order chi connectivity index (χ0) is 22.5. The normalized spacial score (nSPS) is 10.8. The molecule has 0 saturated heterocycles. The van der Waals surface area contributed by atoms with E-state index in [1.807, 2.05) is 6.92 Å². The Morgan fingerprint density at radius 3 is 2.56 bits per heavy atom. The molecule has 32 heavy (non-hydrogen) atoms. The number of aliphatic imine (C=N–C) groups is 1. The summed E-state index contributed by atoms with van der Waals surface area (Å²) < 4.78 is 35.8. The number of ether oxygens (including phenoxy) is 2. The van der Waals surface area contributed by atoms with Crippen molar-refractivity contribution in [2.75, 3.05) is 26.2 Å². The lowest BCUT2D eigenvalue weighted by Gasteiger charge is -2.15. The van der Waals surface area contributed by atoms with E-state index in [-0.39, 0.29) is 47.9 Å². The molecule has 1 aromatic carbocycles. The predicted octanol–water partition coefficient (Wildman–Crippen LogP) is 3.18. The van der Waals surface area contributed by atoms with Crippen LogP contribution in [0.15, 0.2) is 47.7 Å². The van der Waals surface area contributed by atoms with Gasteiger partial charge in [0, 0.05) is 37.6 Å². The molecular weight excluding hydrogens is 535 g/mol. The Morgan fingerprint density at radius 1 is 1.12 bits per heavy atom. The minimum absolute atomic E-state index is 0. The lowest BCUT2D eigenvalue weighted by Crippen LogP contribution is -2.41. The van der Waals surface area contributed by atoms with Gasteiger partial charge in [0.2, 0.25) is 0 Å². The number of carbonyl (C=O) groups is 1. The first-order valence-electron chi connectivity index (χ1n) is 9.95. The summed E-state index contributed by atoms with van der Waals surface area (Å²) in [4.78, 5) is 20.4. The maximum atomic E-state index is 12.9. The van der Waals surface area contributed by atoms with E-state index >= 15 is 0 Å². The molecule has 1 aromatic heterocycles. The molecule has 0 fully saturated rings. The van der Waals surface area contributed by atoms with Crippen LogP contribution in [0.5, 0.6) is 11.5 Å². The van der Waals surface area contributed by atoms with E-state index in [9.17, 15) is 13.6 Å². The van der Waals surface area contributed by atoms with E-state index in [1.54, 1.807) is 43.5 Å². The van der Waals surface area contributed by atoms with Crippen molar-refractivity contribution in [3.05, 3.63) is 53.9 Å². The molecule has 0 spiro atoms. The Balaban J connectivity index is 0.00000512. The van der Waals surface area contributed by atoms with Crippen molar-refractivity contribution in [1.29, 1.82) is 0 Å². The molecule has 0 aliphatic heterocycles. The highest BCUT2D eigenvalue weighted by molar-refractivity contribution is 14.0. The maximum absolute atomic E-state index is 12.9. The fourth-order valence-electron chi connectivity index (χ4n) is 2.64. The van der Waals surface area contributed by atoms with Crippen LogP contribution in [-0.4, -0.2) is 49.7 Å². The lowest BCUT2D eigenvalue weighted by atomic mass is 10.2. The van der Waals surface area contributed by atoms with Gasteiger partial charge in [0.1, 0.15) is 0 Å². The third-order valence-electron chi connectivity index (χ3n) is 3.95. The molecule has 2 aromatic rings. The van der Waals surface area contributed by atoms with Gasteiger partial charge in [0.05, 0.1) is 18.7 Å². The Bertz CT molecular complexity index is 857. The molecule has 0 bridgehead atoms. The Morgan fingerprint density at radius 2 is 1.91 bits per heavy atom. The van der Waals surface area contributed by atoms with Gasteiger partial charge in [0.25, 0.3) is 5.91 Å². The van der Waals surface area contributed by atoms with E-state index in [4.69, 9.17) is 4.74 Å². The number of guanidine groups is 1. The van der Waals surface area contributed by atoms with Gasteiger partial charge in [-0.1, -0.05) is 12.1 Å². The molecule has 1 heterocycles. The minimum Gasteiger partial charge on any atom is -0.490 e. The molecule has 3 N–H and O–H groups in total. The maximum Gasteiger partial charge on any atom is 0.387 e. The van der Waals surface area contributed by atoms with Gasteiger partial charge >= 0.3 is 6.61 Å². The van der Waals surface area contributed by atoms with Gasteiger partial charge in [-0.15, -0.1) is 24.0 Å². The molecule has 0 saturated carbocycles. The Labute approximate surface area is 203 Å². The van der Waals surface area contributed by atoms with Crippen molar-refractivity contribution in [2.45, 2.75) is 27.0 Å². The number of halogens is 3. The number of alkyl halides is 2. The first-order valence-corrected chi connectivity index (χ1v) is 9.95. The van der Waals surface area contributed by atoms with Crippen molar-refractivity contribution in [2.24, 2.45) is 4.99 Å². The zero-order valence-corrected chi connectivity index (χ0v) is 20.3. The van der Waals surface area contributed by atoms with Crippen LogP contribution in [-0.2, 0) is 6.54 Å². The number of carbonyl (C=O) groups excluding carboxylic acids is 1. The second-order valence-corrected chi connectivity index (χ2v) is 6.18. The van der Waals surface area contributed by atoms with Crippen LogP contribution in [0, 0.1) is 0 Å². The largest absolute Gasteiger partial charge is 0.490 e. The SMILES string of the molecule is CCNC(=NCc1cccc(OCC)c1OC(F)F)NCCNC(=O)c1cccnc1.I. The van der Waals surface area contributed by atoms with Crippen molar-refractivity contribution in [1.82, 2.24) is 20.9 Å². The number of benzene rings is 1. The molecule has 0 aliphatic rings. The summed E-state index contributed by atoms with van der Waals surface area (Å²) in [5.74, 6) is 0.468. The second-order valence-electron chi connectivity index (χ2n) is 6.18. The van der Waals surface area contributed by atoms with Crippen molar-refractivity contribution in [3.63, 3.8) is 0 Å². The first-order chi connectivity index (χ1) is 15.0. The van der Waals surface area contributed by atoms with E-state index < -0.39 is 6.61 Å². The van der Waals surface area contributed by atoms with Gasteiger partial charge < -0.3 is 25.4 Å². The zero-order valence-electron chi connectivity index (χ0n) is 17.9. The number of pyridine rings is 1. The fraction of sp³-hybridized carbons (Fsp3) is 0.381. The molecule has 0 aliphatic carbocycles. The van der Waals surface area contributed by atoms with Crippen LogP contribution >= 0.6 is 24.0 Å². The van der Waals surface area contributed by atoms with Crippen LogP contribution in [0.1, 0.15) is 29.8 Å². The topological polar surface area (TPSA) is 96.9 Å². The highest BCUT2D eigenvalue weighted by Crippen LogP contribution is 2.33. The summed E-state index contributed by atoms with van der Waals surface area (Å²) in [6.07, 6.45) is 3.09. The molecular formula is C21H28F2IN5O3. The number of aromatic nitrogens is 1. The molecule has 0 radical (unpaired) electrons. The van der Waals surface area contributed by atoms with Crippen LogP contribution < -0.4 is 25.4 Å². The number of para-hydroxylation sites is 1. The molecule has 8 nitrogen and oxygen atoms in total. The number of nitrogens with one attached hydrogen (secondary N) is 3. The number of hydrogen-bond donors (Lipinski definition) is 3. The fourth-order valence-corrected chi connectivity index (χ4v) is 2.64. The molecule has 0 atom stereocenters. The quantitative estimate of drug-likeness (QED) is 0.168. The van der Waals surface area contributed by atoms with Gasteiger partial charge in [-0.3, -0.25) is 9.78 Å². The summed E-state index contributed by atoms with van der Waals surface area (Å²) in [5.41, 5.74) is 0.942. The average molecular weight is 563 g/mol. The molecule has 11 heteroatoms. The summed E-state index contributed by atoms with van der Waals surface area (Å²) in [5, 5.41) is 8.93. The third-order valence-corrected chi connectivity index (χ3v) is 3.95. The van der Waals surface area contributed by atoms with Gasteiger partial charge in [0.15, 0.2) is 17.5 Å². The molecule has 2 rings (SSSR count). The van der Waals surface area contributed by atoms with Crippen LogP contribution in [0.4, 0.5) is 8.78 Å². The first kappa shape index (κ1) is 27.3. The van der Waals surface area contributed by atoms with Crippen molar-refractivity contribution < 1.29 is 23.0 Å². The van der Waals surface area contributed by atoms with E-state index in [2.05, 4.69) is 30.7 Å². The molecule has 176 valence electrons. The summed E-state index contributed by atoms with van der Waals surface area (Å²) in [7, 11) is 0. The molecule has 0 unspecified atom stereocenters.